The predicted octanol–water partition coefficient (Wildman–Crippen LogP) is 4.57. The zero-order valence-electron chi connectivity index (χ0n) is 8.20. The molecule has 0 aromatic heterocycles. The summed E-state index contributed by atoms with van der Waals surface area (Å²) in [5.74, 6) is 0. The molecule has 0 nitrogen and oxygen atoms in total. The first-order chi connectivity index (χ1) is 5.63. The van der Waals surface area contributed by atoms with Crippen molar-refractivity contribution in [2.75, 3.05) is 10.2 Å². The molecular formula is C8H18S4. The van der Waals surface area contributed by atoms with Gasteiger partial charge >= 0.3 is 0 Å². The molecule has 4 heteroatoms. The maximum absolute atomic E-state index is 2.25. The van der Waals surface area contributed by atoms with E-state index in [-0.39, 0.29) is 0 Å². The molecule has 0 amide bonds. The van der Waals surface area contributed by atoms with Crippen LogP contribution < -0.4 is 0 Å². The number of hydrogen-bond donors (Lipinski definition) is 0. The standard InChI is InChI=1S/C8H18S4/c1-7(2)10-5-9-6-11-12-8(3)4/h7-8H,5-6H2,1-4H3. The van der Waals surface area contributed by atoms with Crippen molar-refractivity contribution in [3.8, 4) is 0 Å². The summed E-state index contributed by atoms with van der Waals surface area (Å²) in [5.41, 5.74) is 0. The maximum atomic E-state index is 2.25. The van der Waals surface area contributed by atoms with E-state index in [1.165, 1.54) is 10.2 Å². The molecule has 0 N–H and O–H groups in total. The quantitative estimate of drug-likeness (QED) is 0.364. The molecule has 0 saturated heterocycles. The Morgan fingerprint density at radius 3 is 2.08 bits per heavy atom. The minimum absolute atomic E-state index is 0.758. The summed E-state index contributed by atoms with van der Waals surface area (Å²) in [7, 11) is 3.96. The number of thioether (sulfide) groups is 2. The van der Waals surface area contributed by atoms with Gasteiger partial charge in [-0.3, -0.25) is 0 Å². The van der Waals surface area contributed by atoms with Crippen molar-refractivity contribution < 1.29 is 0 Å². The van der Waals surface area contributed by atoms with Crippen molar-refractivity contribution >= 4 is 45.1 Å². The van der Waals surface area contributed by atoms with Gasteiger partial charge < -0.3 is 0 Å². The summed E-state index contributed by atoms with van der Waals surface area (Å²) < 4.78 is 0. The zero-order valence-corrected chi connectivity index (χ0v) is 11.5. The minimum atomic E-state index is 0.758. The first-order valence-electron chi connectivity index (χ1n) is 4.10. The molecule has 0 bridgehead atoms. The van der Waals surface area contributed by atoms with Gasteiger partial charge in [-0.2, -0.15) is 0 Å². The molecule has 0 aliphatic heterocycles. The molecule has 0 fully saturated rings. The average molecular weight is 242 g/mol. The Bertz CT molecular complexity index is 81.1. The molecule has 0 unspecified atom stereocenters. The fourth-order valence-electron chi connectivity index (χ4n) is 0.416. The highest BCUT2D eigenvalue weighted by molar-refractivity contribution is 8.78. The van der Waals surface area contributed by atoms with E-state index >= 15 is 0 Å². The monoisotopic (exact) mass is 242 g/mol. The molecule has 0 spiro atoms. The van der Waals surface area contributed by atoms with Crippen LogP contribution in [0.1, 0.15) is 27.7 Å². The third-order valence-corrected chi connectivity index (χ3v) is 6.76. The molecule has 0 aliphatic rings. The molecule has 0 aromatic rings. The lowest BCUT2D eigenvalue weighted by molar-refractivity contribution is 1.12. The van der Waals surface area contributed by atoms with Crippen molar-refractivity contribution in [1.29, 1.82) is 0 Å². The number of rotatable bonds is 7. The second-order valence-electron chi connectivity index (χ2n) is 2.92. The van der Waals surface area contributed by atoms with E-state index in [1.807, 2.05) is 45.1 Å². The fourth-order valence-corrected chi connectivity index (χ4v) is 5.47. The lowest BCUT2D eigenvalue weighted by Crippen LogP contribution is -1.86. The second-order valence-corrected chi connectivity index (χ2v) is 9.14. The molecule has 0 atom stereocenters. The highest BCUT2D eigenvalue weighted by Gasteiger charge is 1.96. The average Bonchev–Trinajstić information content (AvgIpc) is 1.95. The highest BCUT2D eigenvalue weighted by Crippen LogP contribution is 2.31. The van der Waals surface area contributed by atoms with Crippen LogP contribution in [0.2, 0.25) is 0 Å². The Morgan fingerprint density at radius 2 is 1.58 bits per heavy atom. The van der Waals surface area contributed by atoms with Crippen LogP contribution in [-0.4, -0.2) is 20.7 Å². The van der Waals surface area contributed by atoms with Gasteiger partial charge in [0.1, 0.15) is 0 Å². The minimum Gasteiger partial charge on any atom is -0.148 e. The Hall–Kier alpha value is 1.40. The van der Waals surface area contributed by atoms with Crippen molar-refractivity contribution in [3.63, 3.8) is 0 Å². The normalized spacial score (nSPS) is 11.5. The van der Waals surface area contributed by atoms with Crippen LogP contribution >= 0.6 is 45.1 Å². The Morgan fingerprint density at radius 1 is 0.917 bits per heavy atom. The molecule has 74 valence electrons. The van der Waals surface area contributed by atoms with Gasteiger partial charge in [0.25, 0.3) is 0 Å². The van der Waals surface area contributed by atoms with E-state index in [0.29, 0.717) is 0 Å². The van der Waals surface area contributed by atoms with Gasteiger partial charge in [0.2, 0.25) is 0 Å². The van der Waals surface area contributed by atoms with Gasteiger partial charge in [0.05, 0.1) is 5.08 Å². The van der Waals surface area contributed by atoms with Gasteiger partial charge in [0, 0.05) is 10.3 Å². The van der Waals surface area contributed by atoms with Crippen LogP contribution in [0.3, 0.4) is 0 Å². The summed E-state index contributed by atoms with van der Waals surface area (Å²) in [6, 6.07) is 0. The Kier molecular flexibility index (Phi) is 10.0. The summed E-state index contributed by atoms with van der Waals surface area (Å²) in [5, 5.41) is 4.00. The van der Waals surface area contributed by atoms with Gasteiger partial charge in [-0.25, -0.2) is 0 Å². The Labute approximate surface area is 93.2 Å². The third kappa shape index (κ3) is 11.4. The fraction of sp³-hybridized carbons (Fsp3) is 1.00. The Balaban J connectivity index is 2.91. The van der Waals surface area contributed by atoms with E-state index in [9.17, 15) is 0 Å². The van der Waals surface area contributed by atoms with Crippen LogP contribution in [0.5, 0.6) is 0 Å². The second kappa shape index (κ2) is 8.97. The summed E-state index contributed by atoms with van der Waals surface area (Å²) in [6.45, 7) is 8.98. The van der Waals surface area contributed by atoms with Crippen molar-refractivity contribution in [2.24, 2.45) is 0 Å². The molecule has 0 aliphatic carbocycles. The van der Waals surface area contributed by atoms with Gasteiger partial charge in [-0.15, -0.1) is 23.5 Å². The molecule has 0 heterocycles. The van der Waals surface area contributed by atoms with Crippen molar-refractivity contribution in [1.82, 2.24) is 0 Å². The SMILES string of the molecule is CC(C)SCSCSSC(C)C. The van der Waals surface area contributed by atoms with Crippen molar-refractivity contribution in [2.45, 2.75) is 38.2 Å². The first kappa shape index (κ1) is 13.4. The molecule has 0 saturated carbocycles. The van der Waals surface area contributed by atoms with Gasteiger partial charge in [-0.1, -0.05) is 49.3 Å². The smallest absolute Gasteiger partial charge is 0.0504 e. The lowest BCUT2D eigenvalue weighted by atomic mass is 10.6. The predicted molar refractivity (Wildman–Crippen MR) is 70.4 cm³/mol. The first-order valence-corrected chi connectivity index (χ1v) is 8.69. The number of hydrogen-bond acceptors (Lipinski definition) is 4. The highest BCUT2D eigenvalue weighted by atomic mass is 33.1. The molecule has 12 heavy (non-hydrogen) atoms. The topological polar surface area (TPSA) is 0 Å². The van der Waals surface area contributed by atoms with E-state index in [2.05, 4.69) is 27.7 Å². The maximum Gasteiger partial charge on any atom is 0.0504 e. The van der Waals surface area contributed by atoms with Crippen LogP contribution in [0.25, 0.3) is 0 Å². The lowest BCUT2D eigenvalue weighted by Gasteiger charge is -2.05. The summed E-state index contributed by atoms with van der Waals surface area (Å²) >= 11 is 4.06. The molecule has 0 radical (unpaired) electrons. The van der Waals surface area contributed by atoms with Crippen LogP contribution in [0.4, 0.5) is 0 Å². The van der Waals surface area contributed by atoms with Crippen molar-refractivity contribution in [3.05, 3.63) is 0 Å². The third-order valence-electron chi connectivity index (χ3n) is 0.877. The van der Waals surface area contributed by atoms with E-state index in [0.717, 1.165) is 10.5 Å². The van der Waals surface area contributed by atoms with Gasteiger partial charge in [0.15, 0.2) is 0 Å². The summed E-state index contributed by atoms with van der Waals surface area (Å²) in [6.07, 6.45) is 0. The van der Waals surface area contributed by atoms with Crippen LogP contribution in [0, 0.1) is 0 Å². The zero-order chi connectivity index (χ0) is 9.40. The molecule has 0 aromatic carbocycles. The van der Waals surface area contributed by atoms with E-state index < -0.39 is 0 Å². The molecular weight excluding hydrogens is 224 g/mol. The summed E-state index contributed by atoms with van der Waals surface area (Å²) in [4.78, 5) is 0. The molecule has 0 rings (SSSR count). The van der Waals surface area contributed by atoms with E-state index in [4.69, 9.17) is 0 Å². The van der Waals surface area contributed by atoms with Crippen LogP contribution in [0.15, 0.2) is 0 Å². The van der Waals surface area contributed by atoms with Gasteiger partial charge in [-0.05, 0) is 5.25 Å². The largest absolute Gasteiger partial charge is 0.148 e. The van der Waals surface area contributed by atoms with E-state index in [1.54, 1.807) is 0 Å². The van der Waals surface area contributed by atoms with Crippen LogP contribution in [-0.2, 0) is 0 Å².